The van der Waals surface area contributed by atoms with Gasteiger partial charge < -0.3 is 24.8 Å². The predicted molar refractivity (Wildman–Crippen MR) is 94.0 cm³/mol. The van der Waals surface area contributed by atoms with Gasteiger partial charge in [-0.05, 0) is 32.1 Å². The van der Waals surface area contributed by atoms with E-state index in [1.165, 1.54) is 0 Å². The lowest BCUT2D eigenvalue weighted by molar-refractivity contribution is 0.0191. The molecule has 6 heteroatoms. The van der Waals surface area contributed by atoms with Crippen LogP contribution in [0.25, 0.3) is 0 Å². The Bertz CT molecular complexity index is 305. The first-order valence-electron chi connectivity index (χ1n) is 9.01. The molecule has 0 saturated carbocycles. The Hall–Kier alpha value is -0.850. The van der Waals surface area contributed by atoms with Crippen molar-refractivity contribution in [2.45, 2.75) is 46.1 Å². The van der Waals surface area contributed by atoms with Crippen molar-refractivity contribution < 1.29 is 14.2 Å². The van der Waals surface area contributed by atoms with E-state index in [9.17, 15) is 0 Å². The summed E-state index contributed by atoms with van der Waals surface area (Å²) in [6.07, 6.45) is 3.52. The molecule has 0 amide bonds. The third kappa shape index (κ3) is 11.3. The first-order chi connectivity index (χ1) is 11.2. The van der Waals surface area contributed by atoms with Crippen LogP contribution in [0.15, 0.2) is 4.99 Å². The molecule has 0 aromatic carbocycles. The topological polar surface area (TPSA) is 64.1 Å². The molecule has 0 aromatic rings. The molecule has 0 bridgehead atoms. The smallest absolute Gasteiger partial charge is 0.191 e. The molecular formula is C17H35N3O3. The van der Waals surface area contributed by atoms with E-state index in [-0.39, 0.29) is 0 Å². The quantitative estimate of drug-likeness (QED) is 0.325. The van der Waals surface area contributed by atoms with Crippen molar-refractivity contribution in [3.63, 3.8) is 0 Å². The van der Waals surface area contributed by atoms with Crippen LogP contribution < -0.4 is 10.6 Å². The van der Waals surface area contributed by atoms with E-state index >= 15 is 0 Å². The van der Waals surface area contributed by atoms with Crippen LogP contribution >= 0.6 is 0 Å². The summed E-state index contributed by atoms with van der Waals surface area (Å²) >= 11 is 0. The lowest BCUT2D eigenvalue weighted by Gasteiger charge is -2.13. The minimum absolute atomic E-state index is 0.294. The number of rotatable bonds is 12. The molecule has 0 aromatic heterocycles. The maximum atomic E-state index is 5.64. The third-order valence-corrected chi connectivity index (χ3v) is 3.38. The number of nitrogens with zero attached hydrogens (tertiary/aromatic N) is 1. The Kier molecular flexibility index (Phi) is 11.9. The van der Waals surface area contributed by atoms with E-state index in [1.54, 1.807) is 0 Å². The summed E-state index contributed by atoms with van der Waals surface area (Å²) in [6, 6.07) is 0. The van der Waals surface area contributed by atoms with E-state index in [2.05, 4.69) is 36.4 Å². The Morgan fingerprint density at radius 2 is 2.13 bits per heavy atom. The van der Waals surface area contributed by atoms with Gasteiger partial charge in [-0.1, -0.05) is 13.8 Å². The average Bonchev–Trinajstić information content (AvgIpc) is 3.03. The van der Waals surface area contributed by atoms with Crippen molar-refractivity contribution in [3.05, 3.63) is 0 Å². The first kappa shape index (κ1) is 20.2. The van der Waals surface area contributed by atoms with E-state index in [0.717, 1.165) is 64.7 Å². The number of hydrogen-bond donors (Lipinski definition) is 2. The second kappa shape index (κ2) is 13.6. The minimum Gasteiger partial charge on any atom is -0.381 e. The Balaban J connectivity index is 2.04. The van der Waals surface area contributed by atoms with Crippen molar-refractivity contribution >= 4 is 5.96 Å². The zero-order valence-corrected chi connectivity index (χ0v) is 15.1. The Labute approximate surface area is 141 Å². The highest BCUT2D eigenvalue weighted by molar-refractivity contribution is 5.79. The molecule has 0 spiro atoms. The van der Waals surface area contributed by atoms with E-state index < -0.39 is 0 Å². The monoisotopic (exact) mass is 329 g/mol. The fourth-order valence-electron chi connectivity index (χ4n) is 2.25. The van der Waals surface area contributed by atoms with Gasteiger partial charge in [-0.3, -0.25) is 4.99 Å². The highest BCUT2D eigenvalue weighted by Gasteiger charge is 2.14. The molecule has 1 rings (SSSR count). The van der Waals surface area contributed by atoms with E-state index in [4.69, 9.17) is 14.2 Å². The molecule has 1 fully saturated rings. The average molecular weight is 329 g/mol. The van der Waals surface area contributed by atoms with E-state index in [0.29, 0.717) is 25.2 Å². The van der Waals surface area contributed by atoms with Crippen LogP contribution in [-0.4, -0.2) is 64.7 Å². The lowest BCUT2D eigenvalue weighted by Crippen LogP contribution is -2.39. The molecule has 1 atom stereocenters. The van der Waals surface area contributed by atoms with Gasteiger partial charge in [0.25, 0.3) is 0 Å². The molecule has 1 unspecified atom stereocenters. The maximum absolute atomic E-state index is 5.64. The maximum Gasteiger partial charge on any atom is 0.191 e. The Morgan fingerprint density at radius 1 is 1.26 bits per heavy atom. The molecule has 0 aliphatic carbocycles. The predicted octanol–water partition coefficient (Wildman–Crippen LogP) is 1.80. The summed E-state index contributed by atoms with van der Waals surface area (Å²) in [5.41, 5.74) is 0. The van der Waals surface area contributed by atoms with Gasteiger partial charge in [0.15, 0.2) is 5.96 Å². The largest absolute Gasteiger partial charge is 0.381 e. The molecule has 136 valence electrons. The standard InChI is InChI=1S/C17H35N3O3/c1-4-18-17(19-8-6-10-21-13-15(2)3)20-9-12-22-14-16-7-5-11-23-16/h15-16H,4-14H2,1-3H3,(H2,18,19,20). The van der Waals surface area contributed by atoms with Gasteiger partial charge in [0.1, 0.15) is 0 Å². The van der Waals surface area contributed by atoms with Gasteiger partial charge in [-0.25, -0.2) is 0 Å². The zero-order chi connectivity index (χ0) is 16.8. The first-order valence-corrected chi connectivity index (χ1v) is 9.01. The zero-order valence-electron chi connectivity index (χ0n) is 15.1. The van der Waals surface area contributed by atoms with Crippen LogP contribution in [0.1, 0.15) is 40.0 Å². The summed E-state index contributed by atoms with van der Waals surface area (Å²) in [6.45, 7) is 12.6. The van der Waals surface area contributed by atoms with Crippen molar-refractivity contribution in [1.82, 2.24) is 10.6 Å². The number of nitrogens with one attached hydrogen (secondary N) is 2. The lowest BCUT2D eigenvalue weighted by atomic mass is 10.2. The van der Waals surface area contributed by atoms with Gasteiger partial charge in [0.05, 0.1) is 19.3 Å². The van der Waals surface area contributed by atoms with Crippen LogP contribution in [0.2, 0.25) is 0 Å². The Morgan fingerprint density at radius 3 is 2.83 bits per heavy atom. The van der Waals surface area contributed by atoms with Gasteiger partial charge in [-0.2, -0.15) is 0 Å². The van der Waals surface area contributed by atoms with Gasteiger partial charge in [-0.15, -0.1) is 0 Å². The molecular weight excluding hydrogens is 294 g/mol. The van der Waals surface area contributed by atoms with Crippen molar-refractivity contribution in [3.8, 4) is 0 Å². The van der Waals surface area contributed by atoms with Crippen molar-refractivity contribution in [2.75, 3.05) is 52.7 Å². The molecule has 1 aliphatic rings. The third-order valence-electron chi connectivity index (χ3n) is 3.38. The van der Waals surface area contributed by atoms with Crippen LogP contribution in [0.4, 0.5) is 0 Å². The number of ether oxygens (including phenoxy) is 3. The molecule has 1 saturated heterocycles. The summed E-state index contributed by atoms with van der Waals surface area (Å²) in [5.74, 6) is 1.43. The normalized spacial score (nSPS) is 18.6. The fourth-order valence-corrected chi connectivity index (χ4v) is 2.25. The number of hydrogen-bond acceptors (Lipinski definition) is 4. The number of aliphatic imine (C=N–C) groups is 1. The molecule has 2 N–H and O–H groups in total. The molecule has 6 nitrogen and oxygen atoms in total. The summed E-state index contributed by atoms with van der Waals surface area (Å²) in [4.78, 5) is 4.54. The van der Waals surface area contributed by atoms with Crippen LogP contribution in [0, 0.1) is 5.92 Å². The minimum atomic E-state index is 0.294. The second-order valence-corrected chi connectivity index (χ2v) is 6.22. The van der Waals surface area contributed by atoms with Crippen LogP contribution in [0.3, 0.4) is 0 Å². The van der Waals surface area contributed by atoms with Crippen molar-refractivity contribution in [2.24, 2.45) is 10.9 Å². The molecule has 1 heterocycles. The summed E-state index contributed by atoms with van der Waals surface area (Å²) < 4.78 is 16.7. The highest BCUT2D eigenvalue weighted by atomic mass is 16.5. The van der Waals surface area contributed by atoms with Gasteiger partial charge >= 0.3 is 0 Å². The molecule has 1 aliphatic heterocycles. The fraction of sp³-hybridized carbons (Fsp3) is 0.941. The van der Waals surface area contributed by atoms with Crippen LogP contribution in [-0.2, 0) is 14.2 Å². The van der Waals surface area contributed by atoms with Crippen molar-refractivity contribution in [1.29, 1.82) is 0 Å². The highest BCUT2D eigenvalue weighted by Crippen LogP contribution is 2.11. The van der Waals surface area contributed by atoms with Gasteiger partial charge in [0.2, 0.25) is 0 Å². The second-order valence-electron chi connectivity index (χ2n) is 6.22. The van der Waals surface area contributed by atoms with Gasteiger partial charge in [0, 0.05) is 39.5 Å². The summed E-state index contributed by atoms with van der Waals surface area (Å²) in [5, 5.41) is 6.53. The molecule has 23 heavy (non-hydrogen) atoms. The van der Waals surface area contributed by atoms with E-state index in [1.807, 2.05) is 0 Å². The molecule has 0 radical (unpaired) electrons. The summed E-state index contributed by atoms with van der Waals surface area (Å²) in [7, 11) is 0. The van der Waals surface area contributed by atoms with Crippen LogP contribution in [0.5, 0.6) is 0 Å². The number of guanidine groups is 1. The SMILES string of the molecule is CCNC(=NCCCOCC(C)C)NCCOCC1CCCO1.